The molecule has 0 bridgehead atoms. The minimum atomic E-state index is 0.584. The molecule has 0 fully saturated rings. The molecule has 0 aliphatic heterocycles. The summed E-state index contributed by atoms with van der Waals surface area (Å²) in [5.41, 5.74) is 8.94. The molecular formula is C15H18N2O. The van der Waals surface area contributed by atoms with Gasteiger partial charge in [0.1, 0.15) is 5.75 Å². The second-order valence-corrected chi connectivity index (χ2v) is 4.07. The van der Waals surface area contributed by atoms with Crippen LogP contribution in [0.4, 0.5) is 5.69 Å². The number of para-hydroxylation sites is 2. The first-order valence-electron chi connectivity index (χ1n) is 5.98. The van der Waals surface area contributed by atoms with Crippen LogP contribution < -0.4 is 15.8 Å². The van der Waals surface area contributed by atoms with Crippen molar-refractivity contribution >= 4 is 5.69 Å². The first-order chi connectivity index (χ1) is 8.83. The van der Waals surface area contributed by atoms with E-state index in [0.717, 1.165) is 23.5 Å². The Hall–Kier alpha value is -2.00. The van der Waals surface area contributed by atoms with Crippen molar-refractivity contribution in [1.82, 2.24) is 0 Å². The summed E-state index contributed by atoms with van der Waals surface area (Å²) in [5, 5.41) is 3.36. The van der Waals surface area contributed by atoms with Crippen molar-refractivity contribution in [1.29, 1.82) is 0 Å². The van der Waals surface area contributed by atoms with Crippen LogP contribution in [0.5, 0.6) is 5.75 Å². The summed E-state index contributed by atoms with van der Waals surface area (Å²) >= 11 is 0. The third-order valence-corrected chi connectivity index (χ3v) is 2.85. The maximum Gasteiger partial charge on any atom is 0.141 e. The molecular weight excluding hydrogens is 224 g/mol. The van der Waals surface area contributed by atoms with Crippen molar-refractivity contribution in [2.45, 2.75) is 13.1 Å². The molecule has 18 heavy (non-hydrogen) atoms. The van der Waals surface area contributed by atoms with Gasteiger partial charge >= 0.3 is 0 Å². The highest BCUT2D eigenvalue weighted by atomic mass is 16.5. The highest BCUT2D eigenvalue weighted by Gasteiger charge is 2.00. The second kappa shape index (κ2) is 6.07. The lowest BCUT2D eigenvalue weighted by atomic mass is 10.1. The number of benzene rings is 2. The molecule has 0 radical (unpaired) electrons. The van der Waals surface area contributed by atoms with Crippen LogP contribution in [0.1, 0.15) is 11.1 Å². The van der Waals surface area contributed by atoms with Gasteiger partial charge in [0.05, 0.1) is 12.8 Å². The number of hydrogen-bond acceptors (Lipinski definition) is 3. The van der Waals surface area contributed by atoms with Crippen molar-refractivity contribution in [2.75, 3.05) is 12.4 Å². The molecule has 0 saturated carbocycles. The highest BCUT2D eigenvalue weighted by molar-refractivity contribution is 5.56. The van der Waals surface area contributed by atoms with Crippen LogP contribution >= 0.6 is 0 Å². The van der Waals surface area contributed by atoms with E-state index in [1.54, 1.807) is 7.11 Å². The fourth-order valence-electron chi connectivity index (χ4n) is 1.78. The standard InChI is InChI=1S/C15H18N2O/c1-18-15-5-3-2-4-14(15)17-11-13-8-6-12(10-16)7-9-13/h2-9,17H,10-11,16H2,1H3. The quantitative estimate of drug-likeness (QED) is 0.847. The number of nitrogens with two attached hydrogens (primary N) is 1. The maximum absolute atomic E-state index is 5.57. The summed E-state index contributed by atoms with van der Waals surface area (Å²) in [6.45, 7) is 1.35. The van der Waals surface area contributed by atoms with E-state index >= 15 is 0 Å². The van der Waals surface area contributed by atoms with Crippen LogP contribution in [-0.4, -0.2) is 7.11 Å². The molecule has 2 aromatic carbocycles. The lowest BCUT2D eigenvalue weighted by Gasteiger charge is -2.11. The van der Waals surface area contributed by atoms with Gasteiger partial charge in [-0.05, 0) is 23.3 Å². The third-order valence-electron chi connectivity index (χ3n) is 2.85. The maximum atomic E-state index is 5.57. The number of anilines is 1. The smallest absolute Gasteiger partial charge is 0.141 e. The summed E-state index contributed by atoms with van der Waals surface area (Å²) in [4.78, 5) is 0. The Kier molecular flexibility index (Phi) is 4.20. The second-order valence-electron chi connectivity index (χ2n) is 4.07. The Balaban J connectivity index is 2.02. The molecule has 0 aromatic heterocycles. The predicted molar refractivity (Wildman–Crippen MR) is 74.7 cm³/mol. The van der Waals surface area contributed by atoms with Gasteiger partial charge in [-0.3, -0.25) is 0 Å². The normalized spacial score (nSPS) is 10.1. The predicted octanol–water partition coefficient (Wildman–Crippen LogP) is 2.77. The van der Waals surface area contributed by atoms with Crippen molar-refractivity contribution < 1.29 is 4.74 Å². The number of ether oxygens (including phenoxy) is 1. The number of methoxy groups -OCH3 is 1. The van der Waals surface area contributed by atoms with Gasteiger partial charge in [0.25, 0.3) is 0 Å². The molecule has 3 heteroatoms. The van der Waals surface area contributed by atoms with E-state index in [1.807, 2.05) is 24.3 Å². The average Bonchev–Trinajstić information content (AvgIpc) is 2.46. The molecule has 0 aliphatic rings. The van der Waals surface area contributed by atoms with Gasteiger partial charge in [0, 0.05) is 13.1 Å². The van der Waals surface area contributed by atoms with Crippen molar-refractivity contribution in [3.8, 4) is 5.75 Å². The minimum absolute atomic E-state index is 0.584. The fourth-order valence-corrected chi connectivity index (χ4v) is 1.78. The molecule has 3 nitrogen and oxygen atoms in total. The van der Waals surface area contributed by atoms with Crippen LogP contribution in [0, 0.1) is 0 Å². The van der Waals surface area contributed by atoms with Crippen LogP contribution in [0.25, 0.3) is 0 Å². The average molecular weight is 242 g/mol. The molecule has 3 N–H and O–H groups in total. The van der Waals surface area contributed by atoms with Crippen molar-refractivity contribution in [3.05, 3.63) is 59.7 Å². The van der Waals surface area contributed by atoms with Crippen LogP contribution in [0.3, 0.4) is 0 Å². The van der Waals surface area contributed by atoms with Gasteiger partial charge < -0.3 is 15.8 Å². The van der Waals surface area contributed by atoms with E-state index in [2.05, 4.69) is 29.6 Å². The van der Waals surface area contributed by atoms with Crippen molar-refractivity contribution in [2.24, 2.45) is 5.73 Å². The fraction of sp³-hybridized carbons (Fsp3) is 0.200. The summed E-state index contributed by atoms with van der Waals surface area (Å²) in [5.74, 6) is 0.857. The summed E-state index contributed by atoms with van der Waals surface area (Å²) in [6.07, 6.45) is 0. The number of rotatable bonds is 5. The Morgan fingerprint density at radius 2 is 1.67 bits per heavy atom. The molecule has 0 heterocycles. The lowest BCUT2D eigenvalue weighted by Crippen LogP contribution is -2.02. The van der Waals surface area contributed by atoms with E-state index in [-0.39, 0.29) is 0 Å². The molecule has 0 spiro atoms. The molecule has 2 rings (SSSR count). The molecule has 0 unspecified atom stereocenters. The third kappa shape index (κ3) is 3.02. The van der Waals surface area contributed by atoms with E-state index in [1.165, 1.54) is 5.56 Å². The lowest BCUT2D eigenvalue weighted by molar-refractivity contribution is 0.416. The number of hydrogen-bond donors (Lipinski definition) is 2. The van der Waals surface area contributed by atoms with Crippen LogP contribution in [-0.2, 0) is 13.1 Å². The molecule has 0 saturated heterocycles. The van der Waals surface area contributed by atoms with Crippen LogP contribution in [0.15, 0.2) is 48.5 Å². The first kappa shape index (κ1) is 12.5. The Labute approximate surface area is 108 Å². The van der Waals surface area contributed by atoms with Crippen molar-refractivity contribution in [3.63, 3.8) is 0 Å². The molecule has 94 valence electrons. The zero-order valence-corrected chi connectivity index (χ0v) is 10.5. The molecule has 0 amide bonds. The SMILES string of the molecule is COc1ccccc1NCc1ccc(CN)cc1. The van der Waals surface area contributed by atoms with Crippen LogP contribution in [0.2, 0.25) is 0 Å². The van der Waals surface area contributed by atoms with E-state index in [9.17, 15) is 0 Å². The Bertz CT molecular complexity index is 494. The zero-order valence-electron chi connectivity index (χ0n) is 10.5. The highest BCUT2D eigenvalue weighted by Crippen LogP contribution is 2.23. The van der Waals surface area contributed by atoms with Gasteiger partial charge in [0.2, 0.25) is 0 Å². The minimum Gasteiger partial charge on any atom is -0.495 e. The van der Waals surface area contributed by atoms with Gasteiger partial charge in [-0.2, -0.15) is 0 Å². The largest absolute Gasteiger partial charge is 0.495 e. The topological polar surface area (TPSA) is 47.3 Å². The Morgan fingerprint density at radius 3 is 2.33 bits per heavy atom. The van der Waals surface area contributed by atoms with Gasteiger partial charge in [-0.15, -0.1) is 0 Å². The zero-order chi connectivity index (χ0) is 12.8. The van der Waals surface area contributed by atoms with E-state index in [0.29, 0.717) is 6.54 Å². The van der Waals surface area contributed by atoms with E-state index < -0.39 is 0 Å². The molecule has 0 aliphatic carbocycles. The molecule has 2 aromatic rings. The monoisotopic (exact) mass is 242 g/mol. The number of nitrogens with one attached hydrogen (secondary N) is 1. The first-order valence-corrected chi connectivity index (χ1v) is 5.98. The van der Waals surface area contributed by atoms with Gasteiger partial charge in [-0.1, -0.05) is 36.4 Å². The molecule has 0 atom stereocenters. The summed E-state index contributed by atoms with van der Waals surface area (Å²) in [6, 6.07) is 16.2. The summed E-state index contributed by atoms with van der Waals surface area (Å²) in [7, 11) is 1.68. The Morgan fingerprint density at radius 1 is 1.00 bits per heavy atom. The summed E-state index contributed by atoms with van der Waals surface area (Å²) < 4.78 is 5.29. The van der Waals surface area contributed by atoms with Gasteiger partial charge in [-0.25, -0.2) is 0 Å². The van der Waals surface area contributed by atoms with Gasteiger partial charge in [0.15, 0.2) is 0 Å². The van der Waals surface area contributed by atoms with E-state index in [4.69, 9.17) is 10.5 Å².